The van der Waals surface area contributed by atoms with Gasteiger partial charge in [0.2, 0.25) is 0 Å². The molecule has 0 bridgehead atoms. The Morgan fingerprint density at radius 1 is 1.03 bits per heavy atom. The fraction of sp³-hybridized carbons (Fsp3) is 0.414. The maximum atomic E-state index is 13.5. The van der Waals surface area contributed by atoms with Gasteiger partial charge in [-0.1, -0.05) is 26.0 Å². The monoisotopic (exact) mass is 457 g/mol. The highest BCUT2D eigenvalue weighted by atomic mass is 16.5. The molecule has 5 nitrogen and oxygen atoms in total. The van der Waals surface area contributed by atoms with Crippen LogP contribution in [0, 0.1) is 5.41 Å². The summed E-state index contributed by atoms with van der Waals surface area (Å²) in [6, 6.07) is 12.5. The van der Waals surface area contributed by atoms with Gasteiger partial charge in [0.25, 0.3) is 0 Å². The zero-order valence-corrected chi connectivity index (χ0v) is 20.1. The number of ether oxygens (including phenoxy) is 3. The first kappa shape index (κ1) is 21.3. The van der Waals surface area contributed by atoms with Crippen LogP contribution in [0.5, 0.6) is 17.2 Å². The molecular formula is C29H31NO4. The number of methoxy groups -OCH3 is 1. The number of carbonyl (C=O) groups excluding carboxylic acids is 1. The van der Waals surface area contributed by atoms with E-state index in [1.807, 2.05) is 12.1 Å². The highest BCUT2D eigenvalue weighted by Crippen LogP contribution is 2.51. The van der Waals surface area contributed by atoms with E-state index in [0.29, 0.717) is 19.6 Å². The van der Waals surface area contributed by atoms with Crippen molar-refractivity contribution in [1.82, 2.24) is 4.90 Å². The first-order valence-corrected chi connectivity index (χ1v) is 12.3. The largest absolute Gasteiger partial charge is 0.497 e. The van der Waals surface area contributed by atoms with Crippen molar-refractivity contribution in [3.8, 4) is 17.2 Å². The Morgan fingerprint density at radius 3 is 2.50 bits per heavy atom. The fourth-order valence-corrected chi connectivity index (χ4v) is 5.87. The van der Waals surface area contributed by atoms with Crippen molar-refractivity contribution in [2.24, 2.45) is 5.41 Å². The van der Waals surface area contributed by atoms with E-state index in [2.05, 4.69) is 49.1 Å². The molecule has 6 rings (SSSR count). The minimum atomic E-state index is -0.0716. The Hall–Kier alpha value is -3.21. The molecule has 2 aromatic carbocycles. The summed E-state index contributed by atoms with van der Waals surface area (Å²) in [5, 5.41) is 0. The summed E-state index contributed by atoms with van der Waals surface area (Å²) in [4.78, 5) is 15.9. The third kappa shape index (κ3) is 3.49. The van der Waals surface area contributed by atoms with Crippen LogP contribution in [-0.2, 0) is 11.2 Å². The quantitative estimate of drug-likeness (QED) is 0.596. The van der Waals surface area contributed by atoms with Gasteiger partial charge in [0.15, 0.2) is 17.3 Å². The average Bonchev–Trinajstić information content (AvgIpc) is 3.06. The van der Waals surface area contributed by atoms with E-state index in [1.54, 1.807) is 7.11 Å². The van der Waals surface area contributed by atoms with Gasteiger partial charge in [0.1, 0.15) is 5.75 Å². The molecule has 4 aliphatic rings. The van der Waals surface area contributed by atoms with E-state index in [0.717, 1.165) is 54.2 Å². The van der Waals surface area contributed by atoms with Gasteiger partial charge >= 0.3 is 0 Å². The standard InChI is InChI=1S/C29H31NO4/c1-29(2)16-24-28(25(31)17-29)22(18-5-7-20(32-3)8-6-18)14-23-21-15-27-26(33-11-4-12-34-27)13-19(21)9-10-30(23)24/h5-8,13-15,22H,4,9-12,16-17H2,1-3H3/t22-/m0/s1. The lowest BCUT2D eigenvalue weighted by molar-refractivity contribution is -0.118. The highest BCUT2D eigenvalue weighted by molar-refractivity contribution is 6.01. The molecular weight excluding hydrogens is 426 g/mol. The Labute approximate surface area is 201 Å². The summed E-state index contributed by atoms with van der Waals surface area (Å²) in [6.45, 7) is 6.64. The van der Waals surface area contributed by atoms with Crippen molar-refractivity contribution >= 4 is 11.5 Å². The molecule has 176 valence electrons. The zero-order chi connectivity index (χ0) is 23.4. The summed E-state index contributed by atoms with van der Waals surface area (Å²) in [5.74, 6) is 2.69. The minimum absolute atomic E-state index is 0.0478. The number of allylic oxidation sites excluding steroid dienone is 3. The fourth-order valence-electron chi connectivity index (χ4n) is 5.87. The molecule has 0 amide bonds. The molecule has 0 fully saturated rings. The SMILES string of the molecule is COc1ccc([C@@H]2C=C3c4cc5c(cc4CCN3C3=C2C(=O)CC(C)(C)C3)OCCCO5)cc1. The van der Waals surface area contributed by atoms with Crippen LogP contribution >= 0.6 is 0 Å². The smallest absolute Gasteiger partial charge is 0.162 e. The van der Waals surface area contributed by atoms with E-state index in [9.17, 15) is 4.79 Å². The van der Waals surface area contributed by atoms with Crippen molar-refractivity contribution in [2.75, 3.05) is 26.9 Å². The Morgan fingerprint density at radius 2 is 1.76 bits per heavy atom. The Balaban J connectivity index is 1.51. The van der Waals surface area contributed by atoms with Crippen molar-refractivity contribution in [2.45, 2.75) is 45.4 Å². The van der Waals surface area contributed by atoms with Crippen LogP contribution < -0.4 is 14.2 Å². The van der Waals surface area contributed by atoms with Gasteiger partial charge in [-0.15, -0.1) is 0 Å². The van der Waals surface area contributed by atoms with Crippen molar-refractivity contribution in [1.29, 1.82) is 0 Å². The number of hydrogen-bond donors (Lipinski definition) is 0. The van der Waals surface area contributed by atoms with Crippen LogP contribution in [0.25, 0.3) is 5.70 Å². The third-order valence-corrected chi connectivity index (χ3v) is 7.48. The molecule has 0 N–H and O–H groups in total. The lowest BCUT2D eigenvalue weighted by atomic mass is 9.69. The molecule has 1 atom stereocenters. The minimum Gasteiger partial charge on any atom is -0.497 e. The third-order valence-electron chi connectivity index (χ3n) is 7.48. The maximum Gasteiger partial charge on any atom is 0.162 e. The molecule has 2 aromatic rings. The van der Waals surface area contributed by atoms with E-state index in [1.165, 1.54) is 22.5 Å². The molecule has 3 heterocycles. The number of rotatable bonds is 2. The van der Waals surface area contributed by atoms with Crippen LogP contribution in [0.2, 0.25) is 0 Å². The Bertz CT molecular complexity index is 1220. The van der Waals surface area contributed by atoms with Gasteiger partial charge in [-0.05, 0) is 59.7 Å². The maximum absolute atomic E-state index is 13.5. The lowest BCUT2D eigenvalue weighted by Crippen LogP contribution is -2.40. The number of fused-ring (bicyclic) bond motifs is 5. The van der Waals surface area contributed by atoms with Gasteiger partial charge in [-0.2, -0.15) is 0 Å². The van der Waals surface area contributed by atoms with Gasteiger partial charge < -0.3 is 19.1 Å². The molecule has 0 spiro atoms. The normalized spacial score (nSPS) is 22.8. The Kier molecular flexibility index (Phi) is 4.98. The lowest BCUT2D eigenvalue weighted by Gasteiger charge is -2.46. The van der Waals surface area contributed by atoms with Crippen LogP contribution in [-0.4, -0.2) is 37.6 Å². The number of ketones is 1. The molecule has 3 aliphatic heterocycles. The van der Waals surface area contributed by atoms with Crippen LogP contribution in [0.1, 0.15) is 55.7 Å². The summed E-state index contributed by atoms with van der Waals surface area (Å²) >= 11 is 0. The van der Waals surface area contributed by atoms with E-state index in [4.69, 9.17) is 14.2 Å². The highest BCUT2D eigenvalue weighted by Gasteiger charge is 2.42. The number of carbonyl (C=O) groups is 1. The number of hydrogen-bond acceptors (Lipinski definition) is 5. The van der Waals surface area contributed by atoms with Crippen LogP contribution in [0.15, 0.2) is 53.7 Å². The summed E-state index contributed by atoms with van der Waals surface area (Å²) in [5.41, 5.74) is 6.88. The first-order chi connectivity index (χ1) is 16.4. The molecule has 34 heavy (non-hydrogen) atoms. The number of nitrogens with zero attached hydrogens (tertiary/aromatic N) is 1. The van der Waals surface area contributed by atoms with Gasteiger partial charge in [0, 0.05) is 47.8 Å². The van der Waals surface area contributed by atoms with Gasteiger partial charge in [-0.3, -0.25) is 4.79 Å². The second kappa shape index (κ2) is 7.93. The molecule has 0 unspecified atom stereocenters. The molecule has 0 saturated carbocycles. The predicted octanol–water partition coefficient (Wildman–Crippen LogP) is 5.50. The molecule has 5 heteroatoms. The van der Waals surface area contributed by atoms with Crippen LogP contribution in [0.4, 0.5) is 0 Å². The average molecular weight is 458 g/mol. The summed E-state index contributed by atoms with van der Waals surface area (Å²) < 4.78 is 17.4. The number of benzene rings is 2. The van der Waals surface area contributed by atoms with Crippen molar-refractivity contribution in [3.05, 3.63) is 70.4 Å². The molecule has 0 saturated heterocycles. The number of Topliss-reactive ketones (excluding diaryl/α,β-unsaturated/α-hetero) is 1. The van der Waals surface area contributed by atoms with Gasteiger partial charge in [0.05, 0.1) is 20.3 Å². The zero-order valence-electron chi connectivity index (χ0n) is 20.1. The molecule has 1 aliphatic carbocycles. The molecule has 0 radical (unpaired) electrons. The molecule has 0 aromatic heterocycles. The summed E-state index contributed by atoms with van der Waals surface area (Å²) in [7, 11) is 1.68. The first-order valence-electron chi connectivity index (χ1n) is 12.3. The van der Waals surface area contributed by atoms with E-state index < -0.39 is 0 Å². The van der Waals surface area contributed by atoms with E-state index in [-0.39, 0.29) is 17.1 Å². The topological polar surface area (TPSA) is 48.0 Å². The van der Waals surface area contributed by atoms with Crippen molar-refractivity contribution in [3.63, 3.8) is 0 Å². The second-order valence-electron chi connectivity index (χ2n) is 10.5. The van der Waals surface area contributed by atoms with E-state index >= 15 is 0 Å². The van der Waals surface area contributed by atoms with Crippen LogP contribution in [0.3, 0.4) is 0 Å². The van der Waals surface area contributed by atoms with Gasteiger partial charge in [-0.25, -0.2) is 0 Å². The predicted molar refractivity (Wildman–Crippen MR) is 131 cm³/mol. The van der Waals surface area contributed by atoms with Crippen molar-refractivity contribution < 1.29 is 19.0 Å². The second-order valence-corrected chi connectivity index (χ2v) is 10.5. The summed E-state index contributed by atoms with van der Waals surface area (Å²) in [6.07, 6.45) is 5.59.